The molecule has 2 aromatic rings. The number of aryl methyl sites for hydroxylation is 1. The third kappa shape index (κ3) is 3.87. The van der Waals surface area contributed by atoms with Gasteiger partial charge in [-0.1, -0.05) is 36.4 Å². The fourth-order valence-electron chi connectivity index (χ4n) is 2.21. The molecule has 0 amide bonds. The van der Waals surface area contributed by atoms with Crippen molar-refractivity contribution in [1.29, 1.82) is 0 Å². The summed E-state index contributed by atoms with van der Waals surface area (Å²) in [6, 6.07) is 14.2. The molecular weight excluding hydrogens is 298 g/mol. The Labute approximate surface area is 132 Å². The van der Waals surface area contributed by atoms with Crippen LogP contribution in [0, 0.1) is 6.92 Å². The highest BCUT2D eigenvalue weighted by Gasteiger charge is 2.22. The quantitative estimate of drug-likeness (QED) is 0.887. The van der Waals surface area contributed by atoms with Crippen LogP contribution in [0.4, 0.5) is 0 Å². The molecule has 0 aliphatic heterocycles. The zero-order valence-corrected chi connectivity index (χ0v) is 13.9. The average Bonchev–Trinajstić information content (AvgIpc) is 2.48. The Balaban J connectivity index is 2.31. The first-order valence-electron chi connectivity index (χ1n) is 7.24. The van der Waals surface area contributed by atoms with E-state index in [1.807, 2.05) is 51.1 Å². The van der Waals surface area contributed by atoms with Gasteiger partial charge in [0.15, 0.2) is 0 Å². The largest absolute Gasteiger partial charge is 0.492 e. The van der Waals surface area contributed by atoms with Gasteiger partial charge in [-0.15, -0.1) is 0 Å². The molecule has 0 heterocycles. The Kier molecular flexibility index (Phi) is 5.21. The molecule has 0 saturated carbocycles. The highest BCUT2D eigenvalue weighted by molar-refractivity contribution is 7.89. The van der Waals surface area contributed by atoms with Crippen LogP contribution in [0.3, 0.4) is 0 Å². The van der Waals surface area contributed by atoms with E-state index in [-0.39, 0.29) is 10.9 Å². The minimum absolute atomic E-state index is 0.169. The van der Waals surface area contributed by atoms with Crippen molar-refractivity contribution in [3.63, 3.8) is 0 Å². The molecule has 0 saturated heterocycles. The van der Waals surface area contributed by atoms with Gasteiger partial charge in [-0.2, -0.15) is 0 Å². The van der Waals surface area contributed by atoms with E-state index in [0.29, 0.717) is 12.4 Å². The van der Waals surface area contributed by atoms with Gasteiger partial charge in [-0.3, -0.25) is 0 Å². The fraction of sp³-hybridized carbons (Fsp3) is 0.294. The van der Waals surface area contributed by atoms with Gasteiger partial charge in [-0.05, 0) is 44.0 Å². The number of benzene rings is 2. The summed E-state index contributed by atoms with van der Waals surface area (Å²) in [5.41, 5.74) is 1.87. The summed E-state index contributed by atoms with van der Waals surface area (Å²) in [4.78, 5) is 0.169. The molecule has 2 aromatic carbocycles. The molecule has 0 fully saturated rings. The zero-order valence-electron chi connectivity index (χ0n) is 13.0. The molecule has 1 unspecified atom stereocenters. The zero-order chi connectivity index (χ0) is 16.2. The normalized spacial score (nSPS) is 12.9. The van der Waals surface area contributed by atoms with Gasteiger partial charge < -0.3 is 4.74 Å². The van der Waals surface area contributed by atoms with Crippen molar-refractivity contribution in [2.75, 3.05) is 6.61 Å². The number of nitrogens with one attached hydrogen (secondary N) is 1. The summed E-state index contributed by atoms with van der Waals surface area (Å²) in [5.74, 6) is 0.385. The topological polar surface area (TPSA) is 55.4 Å². The van der Waals surface area contributed by atoms with E-state index in [1.165, 1.54) is 0 Å². The third-order valence-corrected chi connectivity index (χ3v) is 4.90. The molecule has 0 aliphatic carbocycles. The van der Waals surface area contributed by atoms with E-state index in [9.17, 15) is 8.42 Å². The van der Waals surface area contributed by atoms with Crippen molar-refractivity contribution in [2.24, 2.45) is 0 Å². The second-order valence-electron chi connectivity index (χ2n) is 5.14. The average molecular weight is 319 g/mol. The molecule has 0 radical (unpaired) electrons. The summed E-state index contributed by atoms with van der Waals surface area (Å²) in [5, 5.41) is 0. The maximum Gasteiger partial charge on any atom is 0.244 e. The highest BCUT2D eigenvalue weighted by Crippen LogP contribution is 2.26. The molecule has 1 atom stereocenters. The van der Waals surface area contributed by atoms with Gasteiger partial charge >= 0.3 is 0 Å². The number of hydrogen-bond donors (Lipinski definition) is 1. The molecule has 4 nitrogen and oxygen atoms in total. The summed E-state index contributed by atoms with van der Waals surface area (Å²) in [6.07, 6.45) is 0. The van der Waals surface area contributed by atoms with Crippen LogP contribution in [-0.2, 0) is 10.0 Å². The Morgan fingerprint density at radius 2 is 1.82 bits per heavy atom. The SMILES string of the molecule is CCOc1cc(C)ccc1S(=O)(=O)NC(C)c1ccccc1. The van der Waals surface area contributed by atoms with E-state index in [0.717, 1.165) is 11.1 Å². The maximum atomic E-state index is 12.6. The Morgan fingerprint density at radius 1 is 1.14 bits per heavy atom. The molecule has 0 bridgehead atoms. The van der Waals surface area contributed by atoms with Crippen LogP contribution in [0.2, 0.25) is 0 Å². The van der Waals surface area contributed by atoms with Crippen molar-refractivity contribution < 1.29 is 13.2 Å². The van der Waals surface area contributed by atoms with Crippen LogP contribution in [0.5, 0.6) is 5.75 Å². The second kappa shape index (κ2) is 6.94. The van der Waals surface area contributed by atoms with Gasteiger partial charge in [0.05, 0.1) is 6.61 Å². The van der Waals surface area contributed by atoms with Gasteiger partial charge in [0.2, 0.25) is 10.0 Å². The van der Waals surface area contributed by atoms with E-state index in [4.69, 9.17) is 4.74 Å². The monoisotopic (exact) mass is 319 g/mol. The number of hydrogen-bond acceptors (Lipinski definition) is 3. The summed E-state index contributed by atoms with van der Waals surface area (Å²) in [6.45, 7) is 5.97. The molecule has 2 rings (SSSR count). The van der Waals surface area contributed by atoms with Gasteiger partial charge in [0, 0.05) is 6.04 Å². The van der Waals surface area contributed by atoms with Crippen LogP contribution >= 0.6 is 0 Å². The fourth-order valence-corrected chi connectivity index (χ4v) is 3.57. The van der Waals surface area contributed by atoms with Crippen LogP contribution in [0.15, 0.2) is 53.4 Å². The minimum atomic E-state index is -3.65. The molecule has 22 heavy (non-hydrogen) atoms. The van der Waals surface area contributed by atoms with Crippen molar-refractivity contribution in [2.45, 2.75) is 31.7 Å². The van der Waals surface area contributed by atoms with E-state index >= 15 is 0 Å². The summed E-state index contributed by atoms with van der Waals surface area (Å²) < 4.78 is 33.4. The molecule has 0 aliphatic rings. The first-order chi connectivity index (χ1) is 10.4. The lowest BCUT2D eigenvalue weighted by atomic mass is 10.1. The Morgan fingerprint density at radius 3 is 2.45 bits per heavy atom. The van der Waals surface area contributed by atoms with Crippen LogP contribution < -0.4 is 9.46 Å². The first-order valence-corrected chi connectivity index (χ1v) is 8.73. The van der Waals surface area contributed by atoms with Crippen molar-refractivity contribution in [3.8, 4) is 5.75 Å². The predicted octanol–water partition coefficient (Wildman–Crippen LogP) is 3.43. The van der Waals surface area contributed by atoms with Crippen LogP contribution in [0.1, 0.15) is 31.0 Å². The number of ether oxygens (including phenoxy) is 1. The molecule has 0 aromatic heterocycles. The van der Waals surface area contributed by atoms with Crippen molar-refractivity contribution >= 4 is 10.0 Å². The predicted molar refractivity (Wildman–Crippen MR) is 87.5 cm³/mol. The lowest BCUT2D eigenvalue weighted by Crippen LogP contribution is -2.27. The standard InChI is InChI=1S/C17H21NO3S/c1-4-21-16-12-13(2)10-11-17(16)22(19,20)18-14(3)15-8-6-5-7-9-15/h5-12,14,18H,4H2,1-3H3. The van der Waals surface area contributed by atoms with Gasteiger partial charge in [0.1, 0.15) is 10.6 Å². The van der Waals surface area contributed by atoms with E-state index < -0.39 is 10.0 Å². The van der Waals surface area contributed by atoms with Gasteiger partial charge in [-0.25, -0.2) is 13.1 Å². The van der Waals surface area contributed by atoms with Crippen molar-refractivity contribution in [1.82, 2.24) is 4.72 Å². The Bertz CT molecular complexity index is 727. The minimum Gasteiger partial charge on any atom is -0.492 e. The number of rotatable bonds is 6. The number of sulfonamides is 1. The summed E-state index contributed by atoms with van der Waals surface area (Å²) >= 11 is 0. The Hall–Kier alpha value is -1.85. The van der Waals surface area contributed by atoms with E-state index in [1.54, 1.807) is 18.2 Å². The third-order valence-electron chi connectivity index (χ3n) is 3.32. The molecule has 0 spiro atoms. The molecule has 5 heteroatoms. The second-order valence-corrected chi connectivity index (χ2v) is 6.82. The van der Waals surface area contributed by atoms with Gasteiger partial charge in [0.25, 0.3) is 0 Å². The van der Waals surface area contributed by atoms with E-state index in [2.05, 4.69) is 4.72 Å². The van der Waals surface area contributed by atoms with Crippen LogP contribution in [0.25, 0.3) is 0 Å². The smallest absolute Gasteiger partial charge is 0.244 e. The van der Waals surface area contributed by atoms with Crippen molar-refractivity contribution in [3.05, 3.63) is 59.7 Å². The first kappa shape index (κ1) is 16.5. The molecular formula is C17H21NO3S. The lowest BCUT2D eigenvalue weighted by Gasteiger charge is -2.17. The highest BCUT2D eigenvalue weighted by atomic mass is 32.2. The molecule has 1 N–H and O–H groups in total. The van der Waals surface area contributed by atoms with Crippen LogP contribution in [-0.4, -0.2) is 15.0 Å². The maximum absolute atomic E-state index is 12.6. The lowest BCUT2D eigenvalue weighted by molar-refractivity contribution is 0.330. The summed E-state index contributed by atoms with van der Waals surface area (Å²) in [7, 11) is -3.65. The molecule has 118 valence electrons.